The van der Waals surface area contributed by atoms with Crippen molar-refractivity contribution in [2.75, 3.05) is 36.5 Å². The van der Waals surface area contributed by atoms with Gasteiger partial charge in [-0.1, -0.05) is 18.2 Å². The average Bonchev–Trinajstić information content (AvgIpc) is 3.07. The van der Waals surface area contributed by atoms with Crippen LogP contribution in [0.25, 0.3) is 0 Å². The van der Waals surface area contributed by atoms with Crippen LogP contribution in [0.1, 0.15) is 12.8 Å². The number of para-hydroxylation sites is 1. The topological polar surface area (TPSA) is 50.3 Å². The molecule has 110 valence electrons. The summed E-state index contributed by atoms with van der Waals surface area (Å²) in [6.07, 6.45) is 5.83. The first-order valence-corrected chi connectivity index (χ1v) is 7.41. The SMILES string of the molecule is c1ccc(NCCOc2nccnc2N2CCCC2)cc1. The quantitative estimate of drug-likeness (QED) is 0.826. The molecule has 1 aromatic heterocycles. The molecule has 1 aromatic carbocycles. The molecule has 2 heterocycles. The molecule has 1 aliphatic heterocycles. The van der Waals surface area contributed by atoms with Crippen molar-refractivity contribution in [2.24, 2.45) is 0 Å². The third-order valence-corrected chi connectivity index (χ3v) is 3.50. The Morgan fingerprint density at radius 3 is 2.62 bits per heavy atom. The van der Waals surface area contributed by atoms with Crippen LogP contribution in [0.2, 0.25) is 0 Å². The smallest absolute Gasteiger partial charge is 0.257 e. The van der Waals surface area contributed by atoms with Crippen LogP contribution >= 0.6 is 0 Å². The molecule has 1 N–H and O–H groups in total. The predicted octanol–water partition coefficient (Wildman–Crippen LogP) is 2.57. The standard InChI is InChI=1S/C16H20N4O/c1-2-6-14(7-3-1)17-10-13-21-16-15(18-8-9-19-16)20-11-4-5-12-20/h1-3,6-9,17H,4-5,10-13H2. The van der Waals surface area contributed by atoms with Crippen molar-refractivity contribution in [1.82, 2.24) is 9.97 Å². The highest BCUT2D eigenvalue weighted by molar-refractivity contribution is 5.48. The van der Waals surface area contributed by atoms with E-state index >= 15 is 0 Å². The molecule has 1 saturated heterocycles. The van der Waals surface area contributed by atoms with Crippen molar-refractivity contribution in [1.29, 1.82) is 0 Å². The Balaban J connectivity index is 1.53. The van der Waals surface area contributed by atoms with Gasteiger partial charge in [0.25, 0.3) is 5.88 Å². The van der Waals surface area contributed by atoms with Crippen molar-refractivity contribution in [3.8, 4) is 5.88 Å². The molecule has 1 aliphatic rings. The summed E-state index contributed by atoms with van der Waals surface area (Å²) in [6.45, 7) is 3.38. The highest BCUT2D eigenvalue weighted by atomic mass is 16.5. The number of hydrogen-bond donors (Lipinski definition) is 1. The van der Waals surface area contributed by atoms with Crippen molar-refractivity contribution in [3.63, 3.8) is 0 Å². The Morgan fingerprint density at radius 1 is 1.05 bits per heavy atom. The van der Waals surface area contributed by atoms with Gasteiger partial charge in [0.2, 0.25) is 0 Å². The molecule has 0 radical (unpaired) electrons. The van der Waals surface area contributed by atoms with E-state index in [0.717, 1.165) is 31.1 Å². The predicted molar refractivity (Wildman–Crippen MR) is 83.9 cm³/mol. The normalized spacial score (nSPS) is 14.2. The molecule has 21 heavy (non-hydrogen) atoms. The monoisotopic (exact) mass is 284 g/mol. The number of benzene rings is 1. The number of nitrogens with zero attached hydrogens (tertiary/aromatic N) is 3. The Labute approximate surface area is 125 Å². The molecule has 0 bridgehead atoms. The van der Waals surface area contributed by atoms with Crippen molar-refractivity contribution >= 4 is 11.5 Å². The molecule has 5 heteroatoms. The number of nitrogens with one attached hydrogen (secondary N) is 1. The molecule has 0 unspecified atom stereocenters. The van der Waals surface area contributed by atoms with Gasteiger partial charge in [-0.25, -0.2) is 9.97 Å². The summed E-state index contributed by atoms with van der Waals surface area (Å²) in [7, 11) is 0. The minimum absolute atomic E-state index is 0.564. The lowest BCUT2D eigenvalue weighted by Gasteiger charge is -2.18. The fraction of sp³-hybridized carbons (Fsp3) is 0.375. The lowest BCUT2D eigenvalue weighted by Crippen LogP contribution is -2.21. The summed E-state index contributed by atoms with van der Waals surface area (Å²) in [6, 6.07) is 10.1. The van der Waals surface area contributed by atoms with Crippen LogP contribution in [0.15, 0.2) is 42.7 Å². The zero-order chi connectivity index (χ0) is 14.3. The van der Waals surface area contributed by atoms with Gasteiger partial charge in [0.15, 0.2) is 5.82 Å². The number of aromatic nitrogens is 2. The van der Waals surface area contributed by atoms with Crippen LogP contribution in [-0.2, 0) is 0 Å². The lowest BCUT2D eigenvalue weighted by atomic mass is 10.3. The summed E-state index contributed by atoms with van der Waals surface area (Å²) in [5.74, 6) is 1.50. The Kier molecular flexibility index (Phi) is 4.51. The number of anilines is 2. The van der Waals surface area contributed by atoms with Crippen LogP contribution in [0.5, 0.6) is 5.88 Å². The van der Waals surface area contributed by atoms with E-state index in [2.05, 4.69) is 20.2 Å². The summed E-state index contributed by atoms with van der Waals surface area (Å²) >= 11 is 0. The second-order valence-electron chi connectivity index (χ2n) is 5.02. The van der Waals surface area contributed by atoms with E-state index in [1.165, 1.54) is 12.8 Å². The summed E-state index contributed by atoms with van der Waals surface area (Å²) in [4.78, 5) is 11.0. The minimum Gasteiger partial charge on any atom is -0.473 e. The highest BCUT2D eigenvalue weighted by Gasteiger charge is 2.18. The van der Waals surface area contributed by atoms with Gasteiger partial charge in [-0.05, 0) is 25.0 Å². The number of ether oxygens (including phenoxy) is 1. The van der Waals surface area contributed by atoms with Crippen LogP contribution in [-0.4, -0.2) is 36.2 Å². The number of rotatable bonds is 6. The van der Waals surface area contributed by atoms with Crippen molar-refractivity contribution in [2.45, 2.75) is 12.8 Å². The first kappa shape index (κ1) is 13.7. The van der Waals surface area contributed by atoms with Gasteiger partial charge in [-0.2, -0.15) is 0 Å². The van der Waals surface area contributed by atoms with Crippen LogP contribution in [0.3, 0.4) is 0 Å². The molecular weight excluding hydrogens is 264 g/mol. The largest absolute Gasteiger partial charge is 0.473 e. The molecule has 3 rings (SSSR count). The summed E-state index contributed by atoms with van der Waals surface area (Å²) < 4.78 is 5.79. The second-order valence-corrected chi connectivity index (χ2v) is 5.02. The van der Waals surface area contributed by atoms with E-state index in [-0.39, 0.29) is 0 Å². The Bertz CT molecular complexity index is 555. The van der Waals surface area contributed by atoms with Crippen LogP contribution in [0, 0.1) is 0 Å². The number of hydrogen-bond acceptors (Lipinski definition) is 5. The molecule has 0 spiro atoms. The summed E-state index contributed by atoms with van der Waals surface area (Å²) in [5.41, 5.74) is 1.10. The maximum atomic E-state index is 5.79. The third kappa shape index (κ3) is 3.62. The van der Waals surface area contributed by atoms with E-state index in [1.54, 1.807) is 12.4 Å². The zero-order valence-electron chi connectivity index (χ0n) is 12.0. The molecular formula is C16H20N4O. The van der Waals surface area contributed by atoms with Crippen molar-refractivity contribution in [3.05, 3.63) is 42.7 Å². The van der Waals surface area contributed by atoms with E-state index in [9.17, 15) is 0 Å². The molecule has 0 aliphatic carbocycles. The first-order chi connectivity index (χ1) is 10.4. The van der Waals surface area contributed by atoms with Crippen LogP contribution < -0.4 is 15.0 Å². The molecule has 5 nitrogen and oxygen atoms in total. The summed E-state index contributed by atoms with van der Waals surface area (Å²) in [5, 5.41) is 3.32. The second kappa shape index (κ2) is 6.92. The average molecular weight is 284 g/mol. The van der Waals surface area contributed by atoms with E-state index in [0.29, 0.717) is 12.5 Å². The minimum atomic E-state index is 0.564. The molecule has 0 saturated carbocycles. The van der Waals surface area contributed by atoms with E-state index in [1.807, 2.05) is 30.3 Å². The zero-order valence-corrected chi connectivity index (χ0v) is 12.0. The fourth-order valence-electron chi connectivity index (χ4n) is 2.46. The molecule has 0 atom stereocenters. The molecule has 2 aromatic rings. The van der Waals surface area contributed by atoms with E-state index in [4.69, 9.17) is 4.74 Å². The van der Waals surface area contributed by atoms with Gasteiger partial charge in [-0.3, -0.25) is 0 Å². The Morgan fingerprint density at radius 2 is 1.81 bits per heavy atom. The van der Waals surface area contributed by atoms with Gasteiger partial charge in [0, 0.05) is 37.7 Å². The van der Waals surface area contributed by atoms with E-state index < -0.39 is 0 Å². The van der Waals surface area contributed by atoms with Gasteiger partial charge >= 0.3 is 0 Å². The lowest BCUT2D eigenvalue weighted by molar-refractivity contribution is 0.319. The van der Waals surface area contributed by atoms with Gasteiger partial charge in [0.1, 0.15) is 6.61 Å². The third-order valence-electron chi connectivity index (χ3n) is 3.50. The van der Waals surface area contributed by atoms with Crippen LogP contribution in [0.4, 0.5) is 11.5 Å². The first-order valence-electron chi connectivity index (χ1n) is 7.41. The molecule has 1 fully saturated rings. The van der Waals surface area contributed by atoms with Gasteiger partial charge in [-0.15, -0.1) is 0 Å². The Hall–Kier alpha value is -2.30. The van der Waals surface area contributed by atoms with Gasteiger partial charge in [0.05, 0.1) is 0 Å². The maximum absolute atomic E-state index is 5.79. The van der Waals surface area contributed by atoms with Crippen molar-refractivity contribution < 1.29 is 4.74 Å². The fourth-order valence-corrected chi connectivity index (χ4v) is 2.46. The highest BCUT2D eigenvalue weighted by Crippen LogP contribution is 2.25. The molecule has 0 amide bonds. The van der Waals surface area contributed by atoms with Gasteiger partial charge < -0.3 is 15.0 Å². The maximum Gasteiger partial charge on any atom is 0.257 e.